The van der Waals surface area contributed by atoms with Gasteiger partial charge >= 0.3 is 6.03 Å². The number of nitriles is 1. The summed E-state index contributed by atoms with van der Waals surface area (Å²) in [6.07, 6.45) is 0. The van der Waals surface area contributed by atoms with Crippen LogP contribution in [0.3, 0.4) is 0 Å². The van der Waals surface area contributed by atoms with Crippen LogP contribution < -0.4 is 10.6 Å². The predicted octanol–water partition coefficient (Wildman–Crippen LogP) is 4.09. The molecule has 1 atom stereocenters. The molecule has 0 aliphatic carbocycles. The van der Waals surface area contributed by atoms with Crippen LogP contribution >= 0.6 is 11.6 Å². The number of hydrogen-bond acceptors (Lipinski definition) is 2. The Balaban J connectivity index is 1.96. The summed E-state index contributed by atoms with van der Waals surface area (Å²) in [5.74, 6) is 0. The van der Waals surface area contributed by atoms with Crippen molar-refractivity contribution in [1.82, 2.24) is 5.32 Å². The molecule has 21 heavy (non-hydrogen) atoms. The van der Waals surface area contributed by atoms with E-state index in [0.29, 0.717) is 16.3 Å². The summed E-state index contributed by atoms with van der Waals surface area (Å²) in [5, 5.41) is 14.9. The van der Waals surface area contributed by atoms with E-state index in [-0.39, 0.29) is 12.1 Å². The van der Waals surface area contributed by atoms with Gasteiger partial charge in [0, 0.05) is 10.7 Å². The average molecular weight is 300 g/mol. The molecule has 4 nitrogen and oxygen atoms in total. The Hall–Kier alpha value is -2.51. The molecular weight excluding hydrogens is 286 g/mol. The third-order valence-corrected chi connectivity index (χ3v) is 3.20. The Labute approximate surface area is 128 Å². The number of urea groups is 1. The first-order valence-electron chi connectivity index (χ1n) is 6.41. The van der Waals surface area contributed by atoms with Crippen LogP contribution in [0, 0.1) is 11.3 Å². The van der Waals surface area contributed by atoms with Crippen molar-refractivity contribution in [2.24, 2.45) is 0 Å². The number of benzene rings is 2. The summed E-state index contributed by atoms with van der Waals surface area (Å²) in [6.45, 7) is 1.88. The number of carbonyl (C=O) groups excluding carboxylic acids is 1. The fourth-order valence-electron chi connectivity index (χ4n) is 1.85. The van der Waals surface area contributed by atoms with E-state index < -0.39 is 0 Å². The third kappa shape index (κ3) is 4.23. The van der Waals surface area contributed by atoms with Gasteiger partial charge in [0.15, 0.2) is 0 Å². The van der Waals surface area contributed by atoms with Gasteiger partial charge in [-0.25, -0.2) is 4.79 Å². The van der Waals surface area contributed by atoms with Crippen LogP contribution in [0.1, 0.15) is 24.1 Å². The van der Waals surface area contributed by atoms with Crippen LogP contribution in [0.4, 0.5) is 10.5 Å². The van der Waals surface area contributed by atoms with Gasteiger partial charge in [0.2, 0.25) is 0 Å². The molecule has 5 heteroatoms. The quantitative estimate of drug-likeness (QED) is 0.896. The smallest absolute Gasteiger partial charge is 0.319 e. The summed E-state index contributed by atoms with van der Waals surface area (Å²) in [6, 6.07) is 15.6. The highest BCUT2D eigenvalue weighted by atomic mass is 35.5. The number of carbonyl (C=O) groups is 1. The molecule has 0 saturated carbocycles. The van der Waals surface area contributed by atoms with E-state index >= 15 is 0 Å². The number of nitrogens with zero attached hydrogens (tertiary/aromatic N) is 1. The van der Waals surface area contributed by atoms with E-state index in [2.05, 4.69) is 10.6 Å². The van der Waals surface area contributed by atoms with Crippen molar-refractivity contribution in [3.63, 3.8) is 0 Å². The van der Waals surface area contributed by atoms with E-state index in [9.17, 15) is 4.79 Å². The molecule has 2 amide bonds. The summed E-state index contributed by atoms with van der Waals surface area (Å²) in [7, 11) is 0. The third-order valence-electron chi connectivity index (χ3n) is 2.97. The maximum atomic E-state index is 11.9. The van der Waals surface area contributed by atoms with Crippen molar-refractivity contribution in [2.75, 3.05) is 5.32 Å². The largest absolute Gasteiger partial charge is 0.331 e. The Morgan fingerprint density at radius 3 is 2.57 bits per heavy atom. The first kappa shape index (κ1) is 14.9. The lowest BCUT2D eigenvalue weighted by Gasteiger charge is -2.15. The number of nitrogens with one attached hydrogen (secondary N) is 2. The van der Waals surface area contributed by atoms with Crippen LogP contribution in [0.25, 0.3) is 0 Å². The molecule has 0 aromatic heterocycles. The number of anilines is 1. The topological polar surface area (TPSA) is 64.9 Å². The Bertz CT molecular complexity index is 677. The van der Waals surface area contributed by atoms with E-state index in [4.69, 9.17) is 16.9 Å². The lowest BCUT2D eigenvalue weighted by Crippen LogP contribution is -2.31. The molecule has 2 aromatic rings. The van der Waals surface area contributed by atoms with Gasteiger partial charge in [0.25, 0.3) is 0 Å². The summed E-state index contributed by atoms with van der Waals surface area (Å²) in [5.41, 5.74) is 2.11. The average Bonchev–Trinajstić information content (AvgIpc) is 2.48. The molecule has 2 rings (SSSR count). The number of rotatable bonds is 3. The van der Waals surface area contributed by atoms with E-state index in [0.717, 1.165) is 5.56 Å². The molecule has 2 aromatic carbocycles. The molecular formula is C16H14ClN3O. The lowest BCUT2D eigenvalue weighted by atomic mass is 10.1. The van der Waals surface area contributed by atoms with Crippen molar-refractivity contribution >= 4 is 23.3 Å². The zero-order valence-electron chi connectivity index (χ0n) is 11.4. The van der Waals surface area contributed by atoms with Gasteiger partial charge in [-0.05, 0) is 48.9 Å². The fraction of sp³-hybridized carbons (Fsp3) is 0.125. The predicted molar refractivity (Wildman–Crippen MR) is 83.2 cm³/mol. The van der Waals surface area contributed by atoms with Crippen molar-refractivity contribution < 1.29 is 4.79 Å². The molecule has 0 fully saturated rings. The van der Waals surface area contributed by atoms with Gasteiger partial charge in [-0.2, -0.15) is 5.26 Å². The zero-order chi connectivity index (χ0) is 15.2. The summed E-state index contributed by atoms with van der Waals surface area (Å²) >= 11 is 5.93. The van der Waals surface area contributed by atoms with Gasteiger partial charge in [-0.1, -0.05) is 23.7 Å². The second kappa shape index (κ2) is 6.78. The molecule has 106 valence electrons. The van der Waals surface area contributed by atoms with Crippen LogP contribution in [0.2, 0.25) is 5.02 Å². The molecule has 0 bridgehead atoms. The second-order valence-corrected chi connectivity index (χ2v) is 5.00. The van der Waals surface area contributed by atoms with Gasteiger partial charge in [-0.15, -0.1) is 0 Å². The van der Waals surface area contributed by atoms with Crippen LogP contribution in [0.15, 0.2) is 48.5 Å². The highest BCUT2D eigenvalue weighted by Gasteiger charge is 2.09. The first-order chi connectivity index (χ1) is 10.1. The maximum absolute atomic E-state index is 11.9. The number of amides is 2. The molecule has 2 N–H and O–H groups in total. The van der Waals surface area contributed by atoms with Crippen LogP contribution in [-0.4, -0.2) is 6.03 Å². The molecule has 0 spiro atoms. The molecule has 0 heterocycles. The van der Waals surface area contributed by atoms with Gasteiger partial charge in [0.05, 0.1) is 17.7 Å². The minimum Gasteiger partial charge on any atom is -0.331 e. The van der Waals surface area contributed by atoms with Crippen LogP contribution in [0.5, 0.6) is 0 Å². The highest BCUT2D eigenvalue weighted by Crippen LogP contribution is 2.17. The summed E-state index contributed by atoms with van der Waals surface area (Å²) in [4.78, 5) is 11.9. The van der Waals surface area contributed by atoms with Gasteiger partial charge in [0.1, 0.15) is 0 Å². The number of halogens is 1. The van der Waals surface area contributed by atoms with E-state index in [1.54, 1.807) is 30.3 Å². The number of hydrogen-bond donors (Lipinski definition) is 2. The van der Waals surface area contributed by atoms with Crippen molar-refractivity contribution in [3.8, 4) is 6.07 Å². The SMILES string of the molecule is CC(NC(=O)Nc1ccc(C#N)cc1)c1cccc(Cl)c1. The minimum atomic E-state index is -0.313. The second-order valence-electron chi connectivity index (χ2n) is 4.56. The highest BCUT2D eigenvalue weighted by molar-refractivity contribution is 6.30. The minimum absolute atomic E-state index is 0.165. The molecule has 1 unspecified atom stereocenters. The summed E-state index contributed by atoms with van der Waals surface area (Å²) < 4.78 is 0. The standard InChI is InChI=1S/C16H14ClN3O/c1-11(13-3-2-4-14(17)9-13)19-16(21)20-15-7-5-12(10-18)6-8-15/h2-9,11H,1H3,(H2,19,20,21). The molecule has 0 aliphatic heterocycles. The monoisotopic (exact) mass is 299 g/mol. The van der Waals surface area contributed by atoms with Crippen molar-refractivity contribution in [2.45, 2.75) is 13.0 Å². The fourth-order valence-corrected chi connectivity index (χ4v) is 2.05. The lowest BCUT2D eigenvalue weighted by molar-refractivity contribution is 0.249. The van der Waals surface area contributed by atoms with E-state index in [1.165, 1.54) is 0 Å². The molecule has 0 aliphatic rings. The van der Waals surface area contributed by atoms with Gasteiger partial charge < -0.3 is 10.6 Å². The molecule has 0 radical (unpaired) electrons. The zero-order valence-corrected chi connectivity index (χ0v) is 12.2. The van der Waals surface area contributed by atoms with Crippen LogP contribution in [-0.2, 0) is 0 Å². The Morgan fingerprint density at radius 1 is 1.24 bits per heavy atom. The molecule has 0 saturated heterocycles. The van der Waals surface area contributed by atoms with E-state index in [1.807, 2.05) is 31.2 Å². The Morgan fingerprint density at radius 2 is 1.95 bits per heavy atom. The van der Waals surface area contributed by atoms with Gasteiger partial charge in [-0.3, -0.25) is 0 Å². The van der Waals surface area contributed by atoms with Crippen molar-refractivity contribution in [1.29, 1.82) is 5.26 Å². The Kier molecular flexibility index (Phi) is 4.81. The normalized spacial score (nSPS) is 11.3. The first-order valence-corrected chi connectivity index (χ1v) is 6.79. The van der Waals surface area contributed by atoms with Crippen molar-refractivity contribution in [3.05, 3.63) is 64.7 Å². The maximum Gasteiger partial charge on any atom is 0.319 e.